The molecule has 10 nitrogen and oxygen atoms in total. The van der Waals surface area contributed by atoms with Gasteiger partial charge in [0, 0.05) is 11.8 Å². The van der Waals surface area contributed by atoms with Crippen molar-refractivity contribution >= 4 is 40.5 Å². The van der Waals surface area contributed by atoms with E-state index in [1.807, 2.05) is 45.0 Å². The number of aliphatic hydroxyl groups is 1. The van der Waals surface area contributed by atoms with Crippen molar-refractivity contribution in [2.45, 2.75) is 75.2 Å². The first-order chi connectivity index (χ1) is 17.8. The second-order valence-corrected chi connectivity index (χ2v) is 12.4. The number of fused-ring (bicyclic) bond motifs is 2. The summed E-state index contributed by atoms with van der Waals surface area (Å²) in [5.41, 5.74) is 1.53. The molecule has 3 amide bonds. The number of hydrogen-bond acceptors (Lipinski definition) is 7. The van der Waals surface area contributed by atoms with E-state index in [2.05, 4.69) is 20.9 Å². The molecule has 3 fully saturated rings. The molecule has 3 aliphatic heterocycles. The largest absolute Gasteiger partial charge is 0.394 e. The predicted octanol–water partition coefficient (Wildman–Crippen LogP) is 1.53. The molecule has 6 atom stereocenters. The van der Waals surface area contributed by atoms with Crippen LogP contribution in [0.4, 0.5) is 0 Å². The standard InChI is InChI=1S/C26H36N6O4S/c1-4-11-27-23(34)20-19-9-10-26(37-19)21(20)25(36)32(16(13-33)12-15(2)3)22(26)24(35)28-14-31-18-8-6-5-7-17(18)29-30-31/h5-8,15-16,19-22,33H,4,9-14H2,1-3H3,(H,27,34)(H,28,35)/t16-,19-,20+,21+,22?,26?/m1/s1. The van der Waals surface area contributed by atoms with E-state index in [4.69, 9.17) is 0 Å². The highest BCUT2D eigenvalue weighted by atomic mass is 32.2. The van der Waals surface area contributed by atoms with Crippen LogP contribution in [0, 0.1) is 17.8 Å². The van der Waals surface area contributed by atoms with Crippen LogP contribution in [-0.4, -0.2) is 78.0 Å². The van der Waals surface area contributed by atoms with E-state index in [9.17, 15) is 19.5 Å². The molecule has 11 heteroatoms. The molecule has 3 N–H and O–H groups in total. The number of carbonyl (C=O) groups is 3. The lowest BCUT2D eigenvalue weighted by Gasteiger charge is -2.37. The number of para-hydroxylation sites is 1. The van der Waals surface area contributed by atoms with Crippen molar-refractivity contribution in [2.75, 3.05) is 13.2 Å². The summed E-state index contributed by atoms with van der Waals surface area (Å²) in [6, 6.07) is 6.26. The number of nitrogens with one attached hydrogen (secondary N) is 2. The first kappa shape index (κ1) is 26.0. The third-order valence-corrected chi connectivity index (χ3v) is 9.96. The lowest BCUT2D eigenvalue weighted by molar-refractivity contribution is -0.143. The van der Waals surface area contributed by atoms with E-state index in [1.54, 1.807) is 21.3 Å². The minimum atomic E-state index is -0.769. The van der Waals surface area contributed by atoms with Gasteiger partial charge in [-0.05, 0) is 43.7 Å². The van der Waals surface area contributed by atoms with E-state index in [0.29, 0.717) is 19.4 Å². The lowest BCUT2D eigenvalue weighted by atomic mass is 9.70. The van der Waals surface area contributed by atoms with Gasteiger partial charge in [0.1, 0.15) is 18.2 Å². The van der Waals surface area contributed by atoms with Crippen LogP contribution in [0.1, 0.15) is 46.5 Å². The van der Waals surface area contributed by atoms with E-state index in [0.717, 1.165) is 23.9 Å². The van der Waals surface area contributed by atoms with Gasteiger partial charge in [0.15, 0.2) is 0 Å². The smallest absolute Gasteiger partial charge is 0.245 e. The molecule has 37 heavy (non-hydrogen) atoms. The van der Waals surface area contributed by atoms with Gasteiger partial charge in [-0.15, -0.1) is 16.9 Å². The quantitative estimate of drug-likeness (QED) is 0.426. The molecule has 2 aromatic rings. The topological polar surface area (TPSA) is 129 Å². The summed E-state index contributed by atoms with van der Waals surface area (Å²) in [4.78, 5) is 42.9. The molecule has 1 aromatic carbocycles. The third kappa shape index (κ3) is 4.29. The Morgan fingerprint density at radius 3 is 2.76 bits per heavy atom. The fourth-order valence-corrected chi connectivity index (χ4v) is 8.76. The fraction of sp³-hybridized carbons (Fsp3) is 0.654. The Morgan fingerprint density at radius 2 is 2.03 bits per heavy atom. The van der Waals surface area contributed by atoms with Crippen molar-refractivity contribution in [1.82, 2.24) is 30.5 Å². The van der Waals surface area contributed by atoms with Gasteiger partial charge >= 0.3 is 0 Å². The molecule has 1 spiro atoms. The van der Waals surface area contributed by atoms with Crippen molar-refractivity contribution in [3.8, 4) is 0 Å². The van der Waals surface area contributed by atoms with E-state index in [1.165, 1.54) is 0 Å². The van der Waals surface area contributed by atoms with Crippen LogP contribution in [0.3, 0.4) is 0 Å². The average molecular weight is 529 g/mol. The molecule has 1 aromatic heterocycles. The van der Waals surface area contributed by atoms with Gasteiger partial charge in [0.2, 0.25) is 17.7 Å². The Labute approximate surface area is 220 Å². The molecule has 0 radical (unpaired) electrons. The maximum atomic E-state index is 14.1. The maximum absolute atomic E-state index is 14.1. The summed E-state index contributed by atoms with van der Waals surface area (Å²) in [7, 11) is 0. The van der Waals surface area contributed by atoms with Crippen LogP contribution in [0.2, 0.25) is 0 Å². The number of carbonyl (C=O) groups excluding carboxylic acids is 3. The van der Waals surface area contributed by atoms with Crippen LogP contribution in [0.15, 0.2) is 24.3 Å². The molecule has 3 aliphatic rings. The average Bonchev–Trinajstić information content (AvgIpc) is 3.63. The number of rotatable bonds is 10. The molecule has 0 aliphatic carbocycles. The van der Waals surface area contributed by atoms with Crippen molar-refractivity contribution in [2.24, 2.45) is 17.8 Å². The minimum absolute atomic E-state index is 0.0141. The molecule has 2 unspecified atom stereocenters. The first-order valence-electron chi connectivity index (χ1n) is 13.3. The van der Waals surface area contributed by atoms with E-state index in [-0.39, 0.29) is 42.2 Å². The van der Waals surface area contributed by atoms with Crippen molar-refractivity contribution in [3.05, 3.63) is 24.3 Å². The van der Waals surface area contributed by atoms with Gasteiger partial charge in [-0.3, -0.25) is 14.4 Å². The molecular weight excluding hydrogens is 492 g/mol. The molecular formula is C26H36N6O4S. The summed E-state index contributed by atoms with van der Waals surface area (Å²) in [5, 5.41) is 24.7. The first-order valence-corrected chi connectivity index (χ1v) is 14.1. The lowest BCUT2D eigenvalue weighted by Crippen LogP contribution is -2.57. The molecule has 200 valence electrons. The summed E-state index contributed by atoms with van der Waals surface area (Å²) >= 11 is 1.64. The normalized spacial score (nSPS) is 29.2. The molecule has 0 saturated carbocycles. The number of aliphatic hydroxyl groups excluding tert-OH is 1. The second-order valence-electron chi connectivity index (χ2n) is 10.8. The highest BCUT2D eigenvalue weighted by molar-refractivity contribution is 8.02. The van der Waals surface area contributed by atoms with Crippen molar-refractivity contribution in [3.63, 3.8) is 0 Å². The SMILES string of the molecule is CCCNC(=O)[C@@H]1[C@H]2C(=O)N([C@@H](CO)CC(C)C)C(C(=O)NCn3nnc4ccccc43)C23CC[C@H]1S3. The van der Waals surface area contributed by atoms with Crippen LogP contribution in [-0.2, 0) is 21.1 Å². The zero-order valence-corrected chi connectivity index (χ0v) is 22.4. The van der Waals surface area contributed by atoms with E-state index >= 15 is 0 Å². The van der Waals surface area contributed by atoms with Gasteiger partial charge in [0.25, 0.3) is 0 Å². The Hall–Kier alpha value is -2.66. The van der Waals surface area contributed by atoms with Crippen molar-refractivity contribution < 1.29 is 19.5 Å². The van der Waals surface area contributed by atoms with Crippen LogP contribution in [0.25, 0.3) is 11.0 Å². The monoisotopic (exact) mass is 528 g/mol. The highest BCUT2D eigenvalue weighted by Crippen LogP contribution is 2.66. The van der Waals surface area contributed by atoms with Gasteiger partial charge in [-0.2, -0.15) is 0 Å². The predicted molar refractivity (Wildman–Crippen MR) is 140 cm³/mol. The molecule has 2 bridgehead atoms. The molecule has 5 rings (SSSR count). The summed E-state index contributed by atoms with van der Waals surface area (Å²) in [6.07, 6.45) is 2.87. The maximum Gasteiger partial charge on any atom is 0.245 e. The number of aromatic nitrogens is 3. The number of benzene rings is 1. The number of nitrogens with zero attached hydrogens (tertiary/aromatic N) is 4. The second kappa shape index (κ2) is 10.2. The third-order valence-electron chi connectivity index (χ3n) is 8.01. The van der Waals surface area contributed by atoms with Crippen LogP contribution >= 0.6 is 11.8 Å². The zero-order chi connectivity index (χ0) is 26.3. The van der Waals surface area contributed by atoms with Crippen LogP contribution < -0.4 is 10.6 Å². The Bertz CT molecular complexity index is 1190. The zero-order valence-electron chi connectivity index (χ0n) is 21.6. The van der Waals surface area contributed by atoms with Gasteiger partial charge in [-0.25, -0.2) is 4.68 Å². The highest BCUT2D eigenvalue weighted by Gasteiger charge is 2.74. The summed E-state index contributed by atoms with van der Waals surface area (Å²) in [5.74, 6) is -1.37. The molecule has 4 heterocycles. The van der Waals surface area contributed by atoms with Gasteiger partial charge in [-0.1, -0.05) is 38.1 Å². The summed E-state index contributed by atoms with van der Waals surface area (Å²) < 4.78 is 0.941. The van der Waals surface area contributed by atoms with Gasteiger partial charge < -0.3 is 20.6 Å². The Kier molecular flexibility index (Phi) is 7.19. The number of amides is 3. The molecule has 3 saturated heterocycles. The number of likely N-dealkylation sites (tertiary alicyclic amines) is 1. The summed E-state index contributed by atoms with van der Waals surface area (Å²) in [6.45, 7) is 6.51. The minimum Gasteiger partial charge on any atom is -0.394 e. The number of hydrogen-bond donors (Lipinski definition) is 3. The fourth-order valence-electron chi connectivity index (χ4n) is 6.55. The van der Waals surface area contributed by atoms with Gasteiger partial charge in [0.05, 0.1) is 34.7 Å². The Balaban J connectivity index is 1.47. The van der Waals surface area contributed by atoms with Crippen LogP contribution in [0.5, 0.6) is 0 Å². The Morgan fingerprint density at radius 1 is 1.24 bits per heavy atom. The van der Waals surface area contributed by atoms with Crippen molar-refractivity contribution in [1.29, 1.82) is 0 Å². The number of thioether (sulfide) groups is 1. The van der Waals surface area contributed by atoms with E-state index < -0.39 is 28.7 Å².